The summed E-state index contributed by atoms with van der Waals surface area (Å²) in [5, 5.41) is 3.43. The third kappa shape index (κ3) is 2.56. The van der Waals surface area contributed by atoms with E-state index in [2.05, 4.69) is 58.3 Å². The minimum atomic E-state index is 0.355. The van der Waals surface area contributed by atoms with Gasteiger partial charge in [-0.1, -0.05) is 30.3 Å². The minimum Gasteiger partial charge on any atom is -0.327 e. The molecule has 1 aliphatic heterocycles. The van der Waals surface area contributed by atoms with Crippen LogP contribution in [-0.4, -0.2) is 22.6 Å². The molecule has 1 fully saturated rings. The molecule has 1 N–H and O–H groups in total. The van der Waals surface area contributed by atoms with Gasteiger partial charge < -0.3 is 9.88 Å². The lowest BCUT2D eigenvalue weighted by molar-refractivity contribution is 0.433. The summed E-state index contributed by atoms with van der Waals surface area (Å²) in [6.45, 7) is 4.49. The zero-order valence-electron chi connectivity index (χ0n) is 11.4. The molecule has 1 aromatic carbocycles. The van der Waals surface area contributed by atoms with Gasteiger partial charge in [-0.2, -0.15) is 0 Å². The maximum Gasteiger partial charge on any atom is 0.0953 e. The van der Waals surface area contributed by atoms with Gasteiger partial charge in [-0.05, 0) is 38.4 Å². The van der Waals surface area contributed by atoms with E-state index in [-0.39, 0.29) is 0 Å². The Bertz CT molecular complexity index is 512. The van der Waals surface area contributed by atoms with Crippen molar-refractivity contribution in [1.29, 1.82) is 0 Å². The average molecular weight is 255 g/mol. The predicted octanol–water partition coefficient (Wildman–Crippen LogP) is 2.96. The van der Waals surface area contributed by atoms with E-state index in [9.17, 15) is 0 Å². The molecule has 3 rings (SSSR count). The van der Waals surface area contributed by atoms with Crippen molar-refractivity contribution in [3.8, 4) is 0 Å². The lowest BCUT2D eigenvalue weighted by atomic mass is 9.94. The number of benzene rings is 1. The van der Waals surface area contributed by atoms with Crippen LogP contribution in [0.3, 0.4) is 0 Å². The van der Waals surface area contributed by atoms with Crippen LogP contribution < -0.4 is 5.32 Å². The number of imidazole rings is 1. The van der Waals surface area contributed by atoms with Gasteiger partial charge in [0, 0.05) is 17.8 Å². The van der Waals surface area contributed by atoms with Crippen molar-refractivity contribution >= 4 is 0 Å². The topological polar surface area (TPSA) is 29.9 Å². The van der Waals surface area contributed by atoms with Crippen LogP contribution in [0.15, 0.2) is 42.9 Å². The summed E-state index contributed by atoms with van der Waals surface area (Å²) >= 11 is 0. The summed E-state index contributed by atoms with van der Waals surface area (Å²) in [6, 6.07) is 11.0. The normalized spacial score (nSPS) is 18.4. The second-order valence-corrected chi connectivity index (χ2v) is 5.34. The molecule has 0 bridgehead atoms. The van der Waals surface area contributed by atoms with E-state index in [4.69, 9.17) is 0 Å². The van der Waals surface area contributed by atoms with E-state index in [1.165, 1.54) is 24.1 Å². The van der Waals surface area contributed by atoms with Crippen molar-refractivity contribution in [3.05, 3.63) is 54.1 Å². The van der Waals surface area contributed by atoms with Crippen LogP contribution in [-0.2, 0) is 0 Å². The first-order chi connectivity index (χ1) is 9.36. The van der Waals surface area contributed by atoms with E-state index < -0.39 is 0 Å². The van der Waals surface area contributed by atoms with Crippen molar-refractivity contribution in [1.82, 2.24) is 14.9 Å². The Morgan fingerprint density at radius 2 is 1.95 bits per heavy atom. The number of rotatable bonds is 3. The molecule has 0 saturated carbocycles. The molecule has 2 aromatic rings. The standard InChI is InChI=1S/C16H21N3/c1-13(14-5-3-2-4-6-14)19-12-18-11-16(19)15-7-9-17-10-8-15/h2-6,11-13,15,17H,7-10H2,1H3. The van der Waals surface area contributed by atoms with Gasteiger partial charge in [-0.25, -0.2) is 4.98 Å². The maximum absolute atomic E-state index is 4.39. The van der Waals surface area contributed by atoms with Gasteiger partial charge in [0.15, 0.2) is 0 Å². The molecule has 3 nitrogen and oxygen atoms in total. The fourth-order valence-corrected chi connectivity index (χ4v) is 2.96. The third-order valence-corrected chi connectivity index (χ3v) is 4.15. The third-order valence-electron chi connectivity index (χ3n) is 4.15. The fourth-order valence-electron chi connectivity index (χ4n) is 2.96. The SMILES string of the molecule is CC(c1ccccc1)n1cncc1C1CCNCC1. The first-order valence-electron chi connectivity index (χ1n) is 7.13. The van der Waals surface area contributed by atoms with Gasteiger partial charge in [0.25, 0.3) is 0 Å². The summed E-state index contributed by atoms with van der Waals surface area (Å²) < 4.78 is 2.34. The van der Waals surface area contributed by atoms with Crippen LogP contribution in [0.4, 0.5) is 0 Å². The Kier molecular flexibility index (Phi) is 3.65. The largest absolute Gasteiger partial charge is 0.327 e. The Morgan fingerprint density at radius 3 is 2.68 bits per heavy atom. The second-order valence-electron chi connectivity index (χ2n) is 5.34. The molecule has 0 amide bonds. The molecule has 1 atom stereocenters. The van der Waals surface area contributed by atoms with Gasteiger partial charge in [0.1, 0.15) is 0 Å². The Hall–Kier alpha value is -1.61. The van der Waals surface area contributed by atoms with E-state index >= 15 is 0 Å². The highest BCUT2D eigenvalue weighted by atomic mass is 15.1. The lowest BCUT2D eigenvalue weighted by Gasteiger charge is -2.26. The highest BCUT2D eigenvalue weighted by molar-refractivity contribution is 5.21. The van der Waals surface area contributed by atoms with Gasteiger partial charge in [0.2, 0.25) is 0 Å². The first-order valence-corrected chi connectivity index (χ1v) is 7.13. The van der Waals surface area contributed by atoms with Gasteiger partial charge in [0.05, 0.1) is 12.4 Å². The van der Waals surface area contributed by atoms with E-state index in [1.54, 1.807) is 0 Å². The molecule has 3 heteroatoms. The van der Waals surface area contributed by atoms with Crippen molar-refractivity contribution < 1.29 is 0 Å². The number of aromatic nitrogens is 2. The van der Waals surface area contributed by atoms with Crippen molar-refractivity contribution in [3.63, 3.8) is 0 Å². The number of hydrogen-bond acceptors (Lipinski definition) is 2. The van der Waals surface area contributed by atoms with Gasteiger partial charge in [-0.3, -0.25) is 0 Å². The number of piperidine rings is 1. The smallest absolute Gasteiger partial charge is 0.0953 e. The summed E-state index contributed by atoms with van der Waals surface area (Å²) in [5.74, 6) is 0.648. The number of nitrogens with one attached hydrogen (secondary N) is 1. The molecule has 1 aromatic heterocycles. The van der Waals surface area contributed by atoms with Crippen LogP contribution >= 0.6 is 0 Å². The molecule has 100 valence electrons. The summed E-state index contributed by atoms with van der Waals surface area (Å²) in [7, 11) is 0. The molecule has 0 spiro atoms. The zero-order chi connectivity index (χ0) is 13.1. The van der Waals surface area contributed by atoms with Crippen LogP contribution in [0.5, 0.6) is 0 Å². The molecular weight excluding hydrogens is 234 g/mol. The van der Waals surface area contributed by atoms with E-state index in [0.29, 0.717) is 12.0 Å². The first kappa shape index (κ1) is 12.4. The van der Waals surface area contributed by atoms with Gasteiger partial charge in [-0.15, -0.1) is 0 Å². The molecule has 0 radical (unpaired) electrons. The Labute approximate surface area is 114 Å². The average Bonchev–Trinajstić information content (AvgIpc) is 2.98. The highest BCUT2D eigenvalue weighted by Crippen LogP contribution is 2.29. The Balaban J connectivity index is 1.87. The lowest BCUT2D eigenvalue weighted by Crippen LogP contribution is -2.28. The Morgan fingerprint density at radius 1 is 1.21 bits per heavy atom. The maximum atomic E-state index is 4.39. The number of hydrogen-bond donors (Lipinski definition) is 1. The zero-order valence-corrected chi connectivity index (χ0v) is 11.4. The van der Waals surface area contributed by atoms with Crippen molar-refractivity contribution in [2.24, 2.45) is 0 Å². The summed E-state index contributed by atoms with van der Waals surface area (Å²) in [6.07, 6.45) is 6.46. The summed E-state index contributed by atoms with van der Waals surface area (Å²) in [5.41, 5.74) is 2.73. The summed E-state index contributed by atoms with van der Waals surface area (Å²) in [4.78, 5) is 4.39. The quantitative estimate of drug-likeness (QED) is 0.914. The van der Waals surface area contributed by atoms with Crippen LogP contribution in [0, 0.1) is 0 Å². The van der Waals surface area contributed by atoms with Gasteiger partial charge >= 0.3 is 0 Å². The molecule has 1 saturated heterocycles. The molecule has 2 heterocycles. The molecular formula is C16H21N3. The number of nitrogens with zero attached hydrogens (tertiary/aromatic N) is 2. The molecule has 1 aliphatic rings. The van der Waals surface area contributed by atoms with Crippen LogP contribution in [0.2, 0.25) is 0 Å². The van der Waals surface area contributed by atoms with Crippen LogP contribution in [0.1, 0.15) is 43.0 Å². The van der Waals surface area contributed by atoms with Crippen LogP contribution in [0.25, 0.3) is 0 Å². The molecule has 19 heavy (non-hydrogen) atoms. The molecule has 1 unspecified atom stereocenters. The van der Waals surface area contributed by atoms with E-state index in [0.717, 1.165) is 13.1 Å². The van der Waals surface area contributed by atoms with Crippen molar-refractivity contribution in [2.75, 3.05) is 13.1 Å². The monoisotopic (exact) mass is 255 g/mol. The fraction of sp³-hybridized carbons (Fsp3) is 0.438. The second kappa shape index (κ2) is 5.57. The van der Waals surface area contributed by atoms with Crippen molar-refractivity contribution in [2.45, 2.75) is 31.7 Å². The highest BCUT2D eigenvalue weighted by Gasteiger charge is 2.21. The molecule has 0 aliphatic carbocycles. The minimum absolute atomic E-state index is 0.355. The predicted molar refractivity (Wildman–Crippen MR) is 77.3 cm³/mol. The van der Waals surface area contributed by atoms with E-state index in [1.807, 2.05) is 6.33 Å².